The second-order valence-electron chi connectivity index (χ2n) is 27.1. The van der Waals surface area contributed by atoms with E-state index in [9.17, 15) is 38.3 Å². The molecule has 0 radical (unpaired) electrons. The van der Waals surface area contributed by atoms with Crippen LogP contribution in [0.2, 0.25) is 0 Å². The van der Waals surface area contributed by atoms with Gasteiger partial charge in [0.05, 0.1) is 23.9 Å². The van der Waals surface area contributed by atoms with Gasteiger partial charge in [0, 0.05) is 81.0 Å². The Morgan fingerprint density at radius 3 is 1.50 bits per heavy atom. The SMILES string of the molecule is CC(C)n1ccc2ccc(-c3ccc(C(=O)C(=O)N[C@H](CN4CCCC4)[C@H](O)c4cc(F)c5c(c4)OCCO5)cc3)cc21.CC(C)n1ccc2ccc(-c3ccc(C(=O)C(=O)O)cc3)cc21.CC(C)n1ccc2ccc(Br)cc21.CCOC(=O)C(=O)c1ccc(B2OC(C)(C)C(C)(C)O2)cc1. The van der Waals surface area contributed by atoms with Gasteiger partial charge in [-0.3, -0.25) is 19.2 Å². The van der Waals surface area contributed by atoms with Crippen LogP contribution in [-0.2, 0) is 28.4 Å². The molecule has 0 bridgehead atoms. The molecule has 3 aliphatic rings. The molecule has 0 unspecified atom stereocenters. The fourth-order valence-electron chi connectivity index (χ4n) is 12.3. The number of aliphatic hydroxyl groups is 1. The molecule has 6 heterocycles. The molecule has 10 aromatic rings. The van der Waals surface area contributed by atoms with E-state index in [4.69, 9.17) is 28.6 Å². The predicted octanol–water partition coefficient (Wildman–Crippen LogP) is 15.2. The quantitative estimate of drug-likeness (QED) is 0.0315. The number of carbonyl (C=O) groups is 6. The molecule has 2 fully saturated rings. The number of rotatable bonds is 18. The van der Waals surface area contributed by atoms with Gasteiger partial charge in [-0.2, -0.15) is 0 Å². The standard InChI is InChI=1S/C34H36FN3O5.C19H17NO3.C16H21BO5.C11H12BrN/c1-21(2)38-14-11-23-7-10-25(18-29(23)38)22-5-8-24(9-6-22)32(40)34(41)36-28(20-37-12-3-4-13-37)31(39)26-17-27(35)33-30(19-26)42-15-16-43-33;1-12(2)20-10-9-14-5-8-16(11-17(14)20)13-3-6-15(7-4-13)18(21)19(22)23;1-6-20-14(19)13(18)11-7-9-12(10-8-11)17-21-15(2,3)16(4,5)22-17;1-8(2)13-6-5-9-3-4-10(12)7-11(9)13/h5-11,14,17-19,21,28,31,39H,3-4,12-13,15-16,20H2,1-2H3,(H,36,41);3-12H,1-2H3,(H,22,23);7-10H,6H2,1-5H3;3-8H,1-2H3/t28-,31-;;;/m1.../s1. The predicted molar refractivity (Wildman–Crippen MR) is 395 cm³/mol. The topological polar surface area (TPSA) is 219 Å². The summed E-state index contributed by atoms with van der Waals surface area (Å²) in [5, 5.41) is 26.5. The summed E-state index contributed by atoms with van der Waals surface area (Å²) in [6.45, 7) is 25.2. The summed E-state index contributed by atoms with van der Waals surface area (Å²) in [4.78, 5) is 74.0. The number of hydrogen-bond donors (Lipinski definition) is 3. The average molecular weight is 1440 g/mol. The zero-order chi connectivity index (χ0) is 72.6. The van der Waals surface area contributed by atoms with Crippen molar-refractivity contribution in [2.45, 2.75) is 130 Å². The third-order valence-corrected chi connectivity index (χ3v) is 19.1. The summed E-state index contributed by atoms with van der Waals surface area (Å²) in [7, 11) is -0.489. The molecule has 0 aliphatic carbocycles. The number of hydrogen-bond acceptors (Lipinski definition) is 13. The van der Waals surface area contributed by atoms with Gasteiger partial charge in [-0.05, 0) is 206 Å². The Kier molecular flexibility index (Phi) is 23.5. The molecule has 3 N–H and O–H groups in total. The summed E-state index contributed by atoms with van der Waals surface area (Å²) in [5.74, 6) is -5.78. The van der Waals surface area contributed by atoms with Gasteiger partial charge in [-0.1, -0.05) is 119 Å². The number of aliphatic carboxylic acids is 1. The molecular formula is C80H86BBrFN5O13. The molecule has 1 amide bonds. The number of Topliss-reactive ketones (excluding diaryl/α,β-unsaturated/α-hetero) is 3. The van der Waals surface area contributed by atoms with E-state index in [-0.39, 0.29) is 48.0 Å². The number of carbonyl (C=O) groups excluding carboxylic acids is 5. The van der Waals surface area contributed by atoms with Crippen molar-refractivity contribution in [1.29, 1.82) is 0 Å². The van der Waals surface area contributed by atoms with Gasteiger partial charge in [0.1, 0.15) is 19.3 Å². The second kappa shape index (κ2) is 32.0. The van der Waals surface area contributed by atoms with E-state index in [0.29, 0.717) is 30.2 Å². The van der Waals surface area contributed by atoms with Crippen LogP contribution >= 0.6 is 15.9 Å². The van der Waals surface area contributed by atoms with Gasteiger partial charge in [0.15, 0.2) is 17.3 Å². The number of carboxylic acids is 1. The first-order chi connectivity index (χ1) is 48.1. The molecule has 101 heavy (non-hydrogen) atoms. The van der Waals surface area contributed by atoms with Gasteiger partial charge in [-0.15, -0.1) is 0 Å². The highest BCUT2D eigenvalue weighted by Crippen LogP contribution is 2.39. The van der Waals surface area contributed by atoms with Crippen LogP contribution in [0.25, 0.3) is 55.0 Å². The molecular weight excluding hydrogens is 1350 g/mol. The van der Waals surface area contributed by atoms with E-state index < -0.39 is 71.5 Å². The number of ether oxygens (including phenoxy) is 3. The van der Waals surface area contributed by atoms with Crippen molar-refractivity contribution < 1.29 is 66.9 Å². The number of nitrogens with one attached hydrogen (secondary N) is 1. The van der Waals surface area contributed by atoms with Gasteiger partial charge in [-0.25, -0.2) is 14.0 Å². The van der Waals surface area contributed by atoms with Crippen LogP contribution in [0.3, 0.4) is 0 Å². The minimum Gasteiger partial charge on any atom is -0.486 e. The van der Waals surface area contributed by atoms with Gasteiger partial charge in [0.25, 0.3) is 17.5 Å². The number of aliphatic hydroxyl groups excluding tert-OH is 1. The number of carboxylic acid groups (broad SMARTS) is 1. The monoisotopic (exact) mass is 1430 g/mol. The first-order valence-electron chi connectivity index (χ1n) is 34.1. The highest BCUT2D eigenvalue weighted by atomic mass is 79.9. The second-order valence-corrected chi connectivity index (χ2v) is 28.1. The fourth-order valence-corrected chi connectivity index (χ4v) is 12.7. The van der Waals surface area contributed by atoms with Crippen molar-refractivity contribution in [3.8, 4) is 33.8 Å². The Morgan fingerprint density at radius 1 is 0.574 bits per heavy atom. The van der Waals surface area contributed by atoms with Crippen molar-refractivity contribution in [3.63, 3.8) is 0 Å². The summed E-state index contributed by atoms with van der Waals surface area (Å²) in [6.07, 6.45) is 7.05. The smallest absolute Gasteiger partial charge is 0.486 e. The highest BCUT2D eigenvalue weighted by Gasteiger charge is 2.51. The normalized spacial score (nSPS) is 15.1. The molecule has 18 nitrogen and oxygen atoms in total. The molecule has 526 valence electrons. The summed E-state index contributed by atoms with van der Waals surface area (Å²) in [5.41, 5.74) is 8.43. The first kappa shape index (κ1) is 74.2. The maximum absolute atomic E-state index is 14.8. The van der Waals surface area contributed by atoms with E-state index >= 15 is 0 Å². The number of esters is 1. The van der Waals surface area contributed by atoms with E-state index in [0.717, 1.165) is 74.5 Å². The molecule has 3 aromatic heterocycles. The third-order valence-electron chi connectivity index (χ3n) is 18.6. The van der Waals surface area contributed by atoms with Crippen molar-refractivity contribution in [2.24, 2.45) is 0 Å². The molecule has 7 aromatic carbocycles. The fraction of sp³-hybridized carbons (Fsp3) is 0.325. The number of benzene rings is 7. The molecule has 2 atom stereocenters. The number of ketones is 3. The molecule has 3 aliphatic heterocycles. The lowest BCUT2D eigenvalue weighted by Gasteiger charge is -2.32. The molecule has 0 spiro atoms. The third kappa shape index (κ3) is 17.3. The minimum atomic E-state index is -1.44. The number of nitrogens with zero attached hydrogens (tertiary/aromatic N) is 4. The van der Waals surface area contributed by atoms with Crippen LogP contribution in [0.4, 0.5) is 4.39 Å². The van der Waals surface area contributed by atoms with E-state index in [1.165, 1.54) is 28.4 Å². The Morgan fingerprint density at radius 2 is 1.02 bits per heavy atom. The summed E-state index contributed by atoms with van der Waals surface area (Å²) >= 11 is 3.49. The Bertz CT molecular complexity index is 4630. The molecule has 0 saturated carbocycles. The number of halogens is 2. The van der Waals surface area contributed by atoms with Crippen molar-refractivity contribution in [1.82, 2.24) is 23.9 Å². The first-order valence-corrected chi connectivity index (χ1v) is 34.9. The lowest BCUT2D eigenvalue weighted by molar-refractivity contribution is -0.137. The maximum atomic E-state index is 14.8. The van der Waals surface area contributed by atoms with Crippen LogP contribution in [0.1, 0.15) is 150 Å². The largest absolute Gasteiger partial charge is 0.494 e. The van der Waals surface area contributed by atoms with Crippen molar-refractivity contribution >= 4 is 96.4 Å². The molecule has 21 heteroatoms. The molecule has 13 rings (SSSR count). The zero-order valence-corrected chi connectivity index (χ0v) is 60.4. The average Bonchev–Trinajstić information content (AvgIpc) is 1.67. The Labute approximate surface area is 596 Å². The molecule has 2 saturated heterocycles. The Balaban J connectivity index is 0.000000160. The lowest BCUT2D eigenvalue weighted by atomic mass is 9.78. The van der Waals surface area contributed by atoms with Gasteiger partial charge in [0.2, 0.25) is 5.78 Å². The van der Waals surface area contributed by atoms with Crippen LogP contribution in [-0.4, -0.2) is 128 Å². The van der Waals surface area contributed by atoms with Crippen LogP contribution in [0.15, 0.2) is 181 Å². The summed E-state index contributed by atoms with van der Waals surface area (Å²) in [6, 6.07) is 48.5. The van der Waals surface area contributed by atoms with Crippen molar-refractivity contribution in [3.05, 3.63) is 209 Å². The highest BCUT2D eigenvalue weighted by molar-refractivity contribution is 9.10. The Hall–Kier alpha value is -9.51. The van der Waals surface area contributed by atoms with E-state index in [2.05, 4.69) is 161 Å². The van der Waals surface area contributed by atoms with Gasteiger partial charge < -0.3 is 57.7 Å². The number of likely N-dealkylation sites (tertiary alicyclic amines) is 1. The summed E-state index contributed by atoms with van der Waals surface area (Å²) < 4.78 is 50.1. The number of amides is 1. The minimum absolute atomic E-state index is 0.00903. The number of fused-ring (bicyclic) bond motifs is 4. The number of aromatic nitrogens is 3. The van der Waals surface area contributed by atoms with Crippen LogP contribution in [0.5, 0.6) is 11.5 Å². The zero-order valence-electron chi connectivity index (χ0n) is 58.8. The lowest BCUT2D eigenvalue weighted by Crippen LogP contribution is -2.48. The van der Waals surface area contributed by atoms with Gasteiger partial charge >= 0.3 is 19.1 Å². The van der Waals surface area contributed by atoms with Crippen LogP contribution < -0.4 is 20.3 Å². The maximum Gasteiger partial charge on any atom is 0.494 e. The van der Waals surface area contributed by atoms with E-state index in [1.807, 2.05) is 52.0 Å². The van der Waals surface area contributed by atoms with Crippen LogP contribution in [0, 0.1) is 5.82 Å². The van der Waals surface area contributed by atoms with Crippen molar-refractivity contribution in [2.75, 3.05) is 39.5 Å². The van der Waals surface area contributed by atoms with E-state index in [1.54, 1.807) is 67.6 Å².